The monoisotopic (exact) mass is 431 g/mol. The maximum absolute atomic E-state index is 13.1. The lowest BCUT2D eigenvalue weighted by atomic mass is 9.99. The van der Waals surface area contributed by atoms with E-state index in [1.54, 1.807) is 12.1 Å². The number of hydrogen-bond donors (Lipinski definition) is 2. The summed E-state index contributed by atoms with van der Waals surface area (Å²) < 4.78 is 51.9. The molecule has 0 spiro atoms. The van der Waals surface area contributed by atoms with Crippen LogP contribution in [-0.4, -0.2) is 73.2 Å². The highest BCUT2D eigenvalue weighted by atomic mass is 19.4. The van der Waals surface area contributed by atoms with Crippen molar-refractivity contribution in [2.24, 2.45) is 16.6 Å². The Labute approximate surface area is 174 Å². The number of nitrogens with one attached hydrogen (secondary N) is 1. The molecule has 1 amide bonds. The van der Waals surface area contributed by atoms with Gasteiger partial charge in [-0.15, -0.1) is 0 Å². The van der Waals surface area contributed by atoms with Crippen LogP contribution < -0.4 is 11.1 Å². The molecule has 1 fully saturated rings. The van der Waals surface area contributed by atoms with Crippen LogP contribution in [0.5, 0.6) is 0 Å². The number of nitrogens with zero attached hydrogens (tertiary/aromatic N) is 3. The van der Waals surface area contributed by atoms with Crippen molar-refractivity contribution in [1.82, 2.24) is 15.1 Å². The van der Waals surface area contributed by atoms with Crippen molar-refractivity contribution in [1.29, 1.82) is 0 Å². The molecule has 3 N–H and O–H groups in total. The largest absolute Gasteiger partial charge is 0.403 e. The predicted molar refractivity (Wildman–Crippen MR) is 107 cm³/mol. The van der Waals surface area contributed by atoms with E-state index in [1.807, 2.05) is 11.8 Å². The summed E-state index contributed by atoms with van der Waals surface area (Å²) in [5.74, 6) is -0.901. The van der Waals surface area contributed by atoms with Gasteiger partial charge >= 0.3 is 6.18 Å². The van der Waals surface area contributed by atoms with Crippen LogP contribution >= 0.6 is 0 Å². The fourth-order valence-electron chi connectivity index (χ4n) is 3.31. The first-order chi connectivity index (χ1) is 14.1. The Balaban J connectivity index is 2.02. The van der Waals surface area contributed by atoms with Gasteiger partial charge in [0.2, 0.25) is 5.91 Å². The summed E-state index contributed by atoms with van der Waals surface area (Å²) in [4.78, 5) is 19.7. The Kier molecular flexibility index (Phi) is 8.45. The average molecular weight is 431 g/mol. The summed E-state index contributed by atoms with van der Waals surface area (Å²) in [6.45, 7) is 5.09. The van der Waals surface area contributed by atoms with E-state index >= 15 is 0 Å². The first kappa shape index (κ1) is 23.9. The molecule has 10 heteroatoms. The number of hydrogen-bond acceptors (Lipinski definition) is 3. The average Bonchev–Trinajstić information content (AvgIpc) is 2.70. The van der Waals surface area contributed by atoms with E-state index in [1.165, 1.54) is 24.0 Å². The van der Waals surface area contributed by atoms with Gasteiger partial charge < -0.3 is 16.0 Å². The third-order valence-electron chi connectivity index (χ3n) is 5.23. The lowest BCUT2D eigenvalue weighted by molar-refractivity contribution is -0.181. The second-order valence-corrected chi connectivity index (χ2v) is 7.37. The maximum atomic E-state index is 13.1. The molecule has 1 aliphatic heterocycles. The molecule has 2 unspecified atom stereocenters. The van der Waals surface area contributed by atoms with E-state index in [0.717, 1.165) is 5.56 Å². The van der Waals surface area contributed by atoms with E-state index in [2.05, 4.69) is 10.3 Å². The molecule has 0 bridgehead atoms. The van der Waals surface area contributed by atoms with E-state index < -0.39 is 24.0 Å². The minimum absolute atomic E-state index is 0.133. The van der Waals surface area contributed by atoms with Gasteiger partial charge in [0.1, 0.15) is 11.9 Å². The number of alkyl halides is 3. The molecule has 1 aliphatic rings. The van der Waals surface area contributed by atoms with Gasteiger partial charge in [-0.25, -0.2) is 4.39 Å². The molecular weight excluding hydrogens is 402 g/mol. The summed E-state index contributed by atoms with van der Waals surface area (Å²) in [6.07, 6.45) is -3.93. The third kappa shape index (κ3) is 6.86. The van der Waals surface area contributed by atoms with Crippen LogP contribution in [0.1, 0.15) is 19.4 Å². The van der Waals surface area contributed by atoms with Crippen molar-refractivity contribution in [2.75, 3.05) is 39.3 Å². The number of piperazine rings is 1. The lowest BCUT2D eigenvalue weighted by Gasteiger charge is -2.39. The van der Waals surface area contributed by atoms with Crippen LogP contribution in [0.15, 0.2) is 29.3 Å². The Morgan fingerprint density at radius 1 is 1.20 bits per heavy atom. The number of aliphatic imine (C=N–C) groups is 1. The zero-order chi connectivity index (χ0) is 22.3. The number of benzene rings is 1. The molecule has 0 radical (unpaired) electrons. The van der Waals surface area contributed by atoms with Gasteiger partial charge in [0.05, 0.1) is 12.5 Å². The second-order valence-electron chi connectivity index (χ2n) is 7.37. The molecule has 6 nitrogen and oxygen atoms in total. The predicted octanol–water partition coefficient (Wildman–Crippen LogP) is 2.00. The molecule has 1 saturated heterocycles. The quantitative estimate of drug-likeness (QED) is 0.394. The highest BCUT2D eigenvalue weighted by molar-refractivity contribution is 5.81. The normalized spacial score (nSPS) is 18.2. The maximum Gasteiger partial charge on any atom is 0.403 e. The van der Waals surface area contributed by atoms with Crippen LogP contribution in [0.25, 0.3) is 0 Å². The molecule has 1 aromatic carbocycles. The summed E-state index contributed by atoms with van der Waals surface area (Å²) in [5, 5.41) is 3.13. The number of guanidine groups is 1. The van der Waals surface area contributed by atoms with Crippen LogP contribution in [0.4, 0.5) is 17.6 Å². The van der Waals surface area contributed by atoms with Gasteiger partial charge in [0.25, 0.3) is 0 Å². The Morgan fingerprint density at radius 3 is 2.30 bits per heavy atom. The van der Waals surface area contributed by atoms with Crippen molar-refractivity contribution in [2.45, 2.75) is 32.5 Å². The van der Waals surface area contributed by atoms with Crippen LogP contribution in [0.3, 0.4) is 0 Å². The summed E-state index contributed by atoms with van der Waals surface area (Å²) in [5.41, 5.74) is 6.29. The Morgan fingerprint density at radius 2 is 1.80 bits per heavy atom. The van der Waals surface area contributed by atoms with Crippen LogP contribution in [-0.2, 0) is 11.2 Å². The Bertz CT molecular complexity index is 715. The molecule has 168 valence electrons. The number of rotatable bonds is 7. The number of primary amides is 1. The molecule has 0 aliphatic carbocycles. The number of nitrogens with two attached hydrogens (primary N) is 1. The van der Waals surface area contributed by atoms with Crippen molar-refractivity contribution in [3.05, 3.63) is 35.6 Å². The van der Waals surface area contributed by atoms with Gasteiger partial charge in [-0.1, -0.05) is 12.1 Å². The zero-order valence-corrected chi connectivity index (χ0v) is 17.3. The third-order valence-corrected chi connectivity index (χ3v) is 5.23. The fourth-order valence-corrected chi connectivity index (χ4v) is 3.31. The van der Waals surface area contributed by atoms with Crippen molar-refractivity contribution < 1.29 is 22.4 Å². The number of halogens is 4. The molecule has 2 atom stereocenters. The highest BCUT2D eigenvalue weighted by Gasteiger charge is 2.41. The standard InChI is InChI=1S/C20H29F4N5O/c1-3-26-19(29-10-8-28(9-11-29)14(2)20(22,23)24)27-13-16(18(25)30)12-15-4-6-17(21)7-5-15/h4-7,14,16H,3,8-13H2,1-2H3,(H2,25,30)(H,26,27). The van der Waals surface area contributed by atoms with Gasteiger partial charge in [0.15, 0.2) is 5.96 Å². The first-order valence-electron chi connectivity index (χ1n) is 9.99. The van der Waals surface area contributed by atoms with E-state index in [-0.39, 0.29) is 25.5 Å². The molecule has 1 heterocycles. The minimum Gasteiger partial charge on any atom is -0.369 e. The fraction of sp³-hybridized carbons (Fsp3) is 0.600. The molecule has 30 heavy (non-hydrogen) atoms. The first-order valence-corrected chi connectivity index (χ1v) is 9.99. The van der Waals surface area contributed by atoms with Crippen molar-refractivity contribution in [3.8, 4) is 0 Å². The summed E-state index contributed by atoms with van der Waals surface area (Å²) in [7, 11) is 0. The van der Waals surface area contributed by atoms with Gasteiger partial charge in [0, 0.05) is 32.7 Å². The molecule has 2 rings (SSSR count). The SMILES string of the molecule is CCNC(=NCC(Cc1ccc(F)cc1)C(N)=O)N1CCN(C(C)C(F)(F)F)CC1. The topological polar surface area (TPSA) is 74.0 Å². The Hall–Kier alpha value is -2.36. The number of amides is 1. The van der Waals surface area contributed by atoms with Crippen LogP contribution in [0, 0.1) is 11.7 Å². The lowest BCUT2D eigenvalue weighted by Crippen LogP contribution is -2.56. The number of carbonyl (C=O) groups is 1. The minimum atomic E-state index is -4.25. The van der Waals surface area contributed by atoms with Gasteiger partial charge in [-0.05, 0) is 38.0 Å². The smallest absolute Gasteiger partial charge is 0.369 e. The zero-order valence-electron chi connectivity index (χ0n) is 17.3. The van der Waals surface area contributed by atoms with Crippen molar-refractivity contribution in [3.63, 3.8) is 0 Å². The summed E-state index contributed by atoms with van der Waals surface area (Å²) >= 11 is 0. The number of carbonyl (C=O) groups excluding carboxylic acids is 1. The summed E-state index contributed by atoms with van der Waals surface area (Å²) in [6, 6.07) is 4.35. The second kappa shape index (κ2) is 10.6. The molecule has 0 aromatic heterocycles. The van der Waals surface area contributed by atoms with Gasteiger partial charge in [-0.2, -0.15) is 13.2 Å². The van der Waals surface area contributed by atoms with Gasteiger partial charge in [-0.3, -0.25) is 14.7 Å². The van der Waals surface area contributed by atoms with Crippen LogP contribution in [0.2, 0.25) is 0 Å². The molecule has 0 saturated carbocycles. The molecule has 1 aromatic rings. The highest BCUT2D eigenvalue weighted by Crippen LogP contribution is 2.25. The molecular formula is C20H29F4N5O. The van der Waals surface area contributed by atoms with E-state index in [4.69, 9.17) is 5.73 Å². The van der Waals surface area contributed by atoms with E-state index in [0.29, 0.717) is 32.0 Å². The van der Waals surface area contributed by atoms with E-state index in [9.17, 15) is 22.4 Å². The van der Waals surface area contributed by atoms with Crippen molar-refractivity contribution >= 4 is 11.9 Å².